The van der Waals surface area contributed by atoms with Gasteiger partial charge in [0, 0.05) is 62.9 Å². The van der Waals surface area contributed by atoms with Crippen LogP contribution in [-0.4, -0.2) is 32.2 Å². The monoisotopic (exact) mass is 1040 g/mol. The Kier molecular flexibility index (Phi) is 13.6. The van der Waals surface area contributed by atoms with Gasteiger partial charge in [0.2, 0.25) is 0 Å². The SMILES string of the molecule is CCCCC[C@H]1CC[C@H](c2ccc(-c3ccc(C(=O)Nc4ccc(-c5ccc6c(c5)-c5c(c7c(c8cccc(C(F)(F)F)c58)OC(c5ccc(F)cc5)(c5ccc(N8CCOCC8)cc5)C=C7)C6(C)C)cc4)cc3)cc2)CC1. The molecule has 0 aromatic heterocycles. The Morgan fingerprint density at radius 3 is 2.01 bits per heavy atom. The third-order valence-electron chi connectivity index (χ3n) is 17.3. The van der Waals surface area contributed by atoms with Crippen LogP contribution in [0.4, 0.5) is 28.9 Å². The molecule has 1 N–H and O–H groups in total. The zero-order valence-electron chi connectivity index (χ0n) is 44.5. The summed E-state index contributed by atoms with van der Waals surface area (Å²) in [6.07, 6.45) is 9.83. The van der Waals surface area contributed by atoms with Crippen LogP contribution in [0.1, 0.15) is 127 Å². The van der Waals surface area contributed by atoms with Gasteiger partial charge in [-0.1, -0.05) is 150 Å². The van der Waals surface area contributed by atoms with Gasteiger partial charge in [0.1, 0.15) is 11.6 Å². The van der Waals surface area contributed by atoms with Gasteiger partial charge in [-0.3, -0.25) is 4.79 Å². The van der Waals surface area contributed by atoms with E-state index in [1.54, 1.807) is 18.2 Å². The van der Waals surface area contributed by atoms with Crippen LogP contribution >= 0.6 is 0 Å². The Labute approximate surface area is 454 Å². The predicted molar refractivity (Wildman–Crippen MR) is 307 cm³/mol. The summed E-state index contributed by atoms with van der Waals surface area (Å²) in [6, 6.07) is 48.7. The number of benzene rings is 8. The number of carbonyl (C=O) groups excluding carboxylic acids is 1. The molecule has 396 valence electrons. The van der Waals surface area contributed by atoms with Crippen LogP contribution in [0.2, 0.25) is 0 Å². The molecule has 5 nitrogen and oxygen atoms in total. The van der Waals surface area contributed by atoms with E-state index in [0.29, 0.717) is 63.8 Å². The molecule has 1 saturated carbocycles. The number of fused-ring (bicyclic) bond motifs is 8. The average molecular weight is 1050 g/mol. The largest absolute Gasteiger partial charge is 0.472 e. The molecule has 1 unspecified atom stereocenters. The van der Waals surface area contributed by atoms with Gasteiger partial charge in [-0.15, -0.1) is 0 Å². The number of nitrogens with one attached hydrogen (secondary N) is 1. The summed E-state index contributed by atoms with van der Waals surface area (Å²) < 4.78 is 74.1. The number of unbranched alkanes of at least 4 members (excludes halogenated alkanes) is 2. The highest BCUT2D eigenvalue weighted by molar-refractivity contribution is 6.11. The molecular formula is C69H64F4N2O3. The molecule has 78 heavy (non-hydrogen) atoms. The second-order valence-corrected chi connectivity index (χ2v) is 22.4. The highest BCUT2D eigenvalue weighted by Crippen LogP contribution is 2.60. The molecule has 2 heterocycles. The van der Waals surface area contributed by atoms with Gasteiger partial charge in [-0.05, 0) is 154 Å². The van der Waals surface area contributed by atoms with Crippen molar-refractivity contribution in [1.29, 1.82) is 0 Å². The average Bonchev–Trinajstić information content (AvgIpc) is 3.96. The third kappa shape index (κ3) is 9.48. The summed E-state index contributed by atoms with van der Waals surface area (Å²) in [4.78, 5) is 15.8. The lowest BCUT2D eigenvalue weighted by molar-refractivity contribution is -0.136. The van der Waals surface area contributed by atoms with E-state index in [-0.39, 0.29) is 11.3 Å². The zero-order chi connectivity index (χ0) is 53.8. The van der Waals surface area contributed by atoms with Gasteiger partial charge in [0.15, 0.2) is 5.60 Å². The predicted octanol–water partition coefficient (Wildman–Crippen LogP) is 17.9. The van der Waals surface area contributed by atoms with Crippen molar-refractivity contribution in [1.82, 2.24) is 0 Å². The molecule has 0 bridgehead atoms. The molecule has 0 radical (unpaired) electrons. The molecule has 1 saturated heterocycles. The van der Waals surface area contributed by atoms with Crippen molar-refractivity contribution < 1.29 is 31.8 Å². The van der Waals surface area contributed by atoms with E-state index in [0.717, 1.165) is 69.7 Å². The Morgan fingerprint density at radius 1 is 0.718 bits per heavy atom. The van der Waals surface area contributed by atoms with E-state index >= 15 is 13.2 Å². The van der Waals surface area contributed by atoms with Crippen molar-refractivity contribution in [2.24, 2.45) is 5.92 Å². The summed E-state index contributed by atoms with van der Waals surface area (Å²) in [7, 11) is 0. The molecule has 9 heteroatoms. The van der Waals surface area contributed by atoms with Gasteiger partial charge in [-0.25, -0.2) is 4.39 Å². The lowest BCUT2D eigenvalue weighted by Crippen LogP contribution is -2.37. The van der Waals surface area contributed by atoms with Crippen LogP contribution in [0, 0.1) is 11.7 Å². The number of nitrogens with zero attached hydrogens (tertiary/aromatic N) is 1. The number of halogens is 4. The Hall–Kier alpha value is -7.49. The van der Waals surface area contributed by atoms with Crippen LogP contribution in [0.25, 0.3) is 50.2 Å². The first-order valence-corrected chi connectivity index (χ1v) is 27.8. The van der Waals surface area contributed by atoms with E-state index in [4.69, 9.17) is 9.47 Å². The molecule has 8 aromatic carbocycles. The Balaban J connectivity index is 0.822. The van der Waals surface area contributed by atoms with Gasteiger partial charge in [-0.2, -0.15) is 13.2 Å². The number of rotatable bonds is 12. The lowest BCUT2D eigenvalue weighted by Gasteiger charge is -2.39. The summed E-state index contributed by atoms with van der Waals surface area (Å²) in [5.41, 5.74) is 9.60. The van der Waals surface area contributed by atoms with Crippen LogP contribution in [0.5, 0.6) is 5.75 Å². The first kappa shape index (κ1) is 51.3. The summed E-state index contributed by atoms with van der Waals surface area (Å²) in [6.45, 7) is 9.15. The van der Waals surface area contributed by atoms with Gasteiger partial charge in [0.25, 0.3) is 5.91 Å². The number of morpholine rings is 1. The fraction of sp³-hybridized carbons (Fsp3) is 0.290. The smallest absolute Gasteiger partial charge is 0.417 e. The molecule has 2 aliphatic carbocycles. The van der Waals surface area contributed by atoms with Gasteiger partial charge >= 0.3 is 6.18 Å². The maximum atomic E-state index is 15.5. The van der Waals surface area contributed by atoms with E-state index < -0.39 is 28.6 Å². The van der Waals surface area contributed by atoms with Crippen molar-refractivity contribution in [3.8, 4) is 39.1 Å². The fourth-order valence-corrected chi connectivity index (χ4v) is 13.1. The highest BCUT2D eigenvalue weighted by Gasteiger charge is 2.46. The lowest BCUT2D eigenvalue weighted by atomic mass is 9.76. The van der Waals surface area contributed by atoms with Crippen molar-refractivity contribution in [3.63, 3.8) is 0 Å². The van der Waals surface area contributed by atoms with Crippen LogP contribution < -0.4 is 15.0 Å². The molecule has 2 aliphatic heterocycles. The topological polar surface area (TPSA) is 50.8 Å². The van der Waals surface area contributed by atoms with E-state index in [1.807, 2.05) is 103 Å². The van der Waals surface area contributed by atoms with Crippen molar-refractivity contribution in [2.75, 3.05) is 36.5 Å². The number of ether oxygens (including phenoxy) is 2. The van der Waals surface area contributed by atoms with Gasteiger partial charge in [0.05, 0.1) is 18.8 Å². The summed E-state index contributed by atoms with van der Waals surface area (Å²) in [5.74, 6) is 1.21. The molecule has 0 spiro atoms. The second kappa shape index (κ2) is 20.7. The first-order chi connectivity index (χ1) is 37.8. The van der Waals surface area contributed by atoms with E-state index in [2.05, 4.69) is 55.3 Å². The molecule has 8 aromatic rings. The minimum Gasteiger partial charge on any atom is -0.472 e. The van der Waals surface area contributed by atoms with Crippen LogP contribution in [0.15, 0.2) is 164 Å². The van der Waals surface area contributed by atoms with Crippen LogP contribution in [0.3, 0.4) is 0 Å². The molecule has 2 fully saturated rings. The minimum atomic E-state index is -4.69. The molecular weight excluding hydrogens is 981 g/mol. The molecule has 4 aliphatic rings. The number of amides is 1. The normalized spacial score (nSPS) is 19.4. The standard InChI is InChI=1S/C69H64F4N2O3/c1-4-5-6-8-44-11-13-45(14-12-44)46-15-17-47(18-16-46)48-19-21-50(22-20-48)66(76)74-55-32-23-49(24-33-55)51-25-36-60-59(43-51)63-62-57(9-7-10-61(62)69(71,72)73)65-58(64(63)67(60,2)3)37-38-68(78-65,52-26-30-54(70)31-27-52)53-28-34-56(35-29-53)75-39-41-77-42-40-75/h7,9-10,15-38,43-45H,4-6,8,11-14,39-42H2,1-3H3,(H,74,76)/t44-,45-,68?. The van der Waals surface area contributed by atoms with Gasteiger partial charge < -0.3 is 19.7 Å². The van der Waals surface area contributed by atoms with Crippen molar-refractivity contribution >= 4 is 34.1 Å². The summed E-state index contributed by atoms with van der Waals surface area (Å²) >= 11 is 0. The van der Waals surface area contributed by atoms with Crippen molar-refractivity contribution in [3.05, 3.63) is 214 Å². The molecule has 1 atom stereocenters. The maximum absolute atomic E-state index is 15.5. The zero-order valence-corrected chi connectivity index (χ0v) is 44.5. The minimum absolute atomic E-state index is 0.0679. The Morgan fingerprint density at radius 2 is 1.35 bits per heavy atom. The van der Waals surface area contributed by atoms with Crippen LogP contribution in [-0.2, 0) is 21.9 Å². The highest BCUT2D eigenvalue weighted by atomic mass is 19.4. The maximum Gasteiger partial charge on any atom is 0.417 e. The quantitative estimate of drug-likeness (QED) is 0.0979. The molecule has 12 rings (SSSR count). The Bertz CT molecular complexity index is 3540. The number of anilines is 2. The van der Waals surface area contributed by atoms with E-state index in [1.165, 1.54) is 75.1 Å². The number of alkyl halides is 3. The van der Waals surface area contributed by atoms with Crippen molar-refractivity contribution in [2.45, 2.75) is 95.2 Å². The first-order valence-electron chi connectivity index (χ1n) is 27.8. The number of carbonyl (C=O) groups is 1. The number of hydrogen-bond donors (Lipinski definition) is 1. The fourth-order valence-electron chi connectivity index (χ4n) is 13.1. The number of hydrogen-bond acceptors (Lipinski definition) is 4. The molecule has 1 amide bonds. The second-order valence-electron chi connectivity index (χ2n) is 22.4. The van der Waals surface area contributed by atoms with E-state index in [9.17, 15) is 9.18 Å². The third-order valence-corrected chi connectivity index (χ3v) is 17.3. The summed E-state index contributed by atoms with van der Waals surface area (Å²) in [5, 5.41) is 3.45.